The summed E-state index contributed by atoms with van der Waals surface area (Å²) in [4.78, 5) is 11.9. The number of carbonyl (C=O) groups is 1. The van der Waals surface area contributed by atoms with Crippen molar-refractivity contribution in [2.75, 3.05) is 0 Å². The van der Waals surface area contributed by atoms with Gasteiger partial charge in [0.05, 0.1) is 5.54 Å². The maximum atomic E-state index is 11.9. The highest BCUT2D eigenvalue weighted by atomic mass is 35.5. The minimum absolute atomic E-state index is 0.109. The molecule has 0 heterocycles. The fraction of sp³-hybridized carbons (Fsp3) is 0.500. The Morgan fingerprint density at radius 2 is 2.11 bits per heavy atom. The second-order valence-electron chi connectivity index (χ2n) is 4.97. The number of nitrogens with one attached hydrogen (secondary N) is 2. The summed E-state index contributed by atoms with van der Waals surface area (Å²) in [6.07, 6.45) is 2.82. The van der Waals surface area contributed by atoms with Crippen LogP contribution in [0.15, 0.2) is 24.3 Å². The van der Waals surface area contributed by atoms with E-state index in [9.17, 15) is 4.79 Å². The lowest BCUT2D eigenvalue weighted by atomic mass is 10.1. The van der Waals surface area contributed by atoms with E-state index >= 15 is 0 Å². The summed E-state index contributed by atoms with van der Waals surface area (Å²) in [5.41, 5.74) is 0.765. The number of halogens is 1. The Morgan fingerprint density at radius 1 is 1.44 bits per heavy atom. The molecule has 3 nitrogen and oxygen atoms in total. The molecule has 0 radical (unpaired) electrons. The van der Waals surface area contributed by atoms with Crippen molar-refractivity contribution in [1.82, 2.24) is 10.6 Å². The van der Waals surface area contributed by atoms with Crippen LogP contribution in [0.4, 0.5) is 4.79 Å². The molecule has 2 N–H and O–H groups in total. The molecule has 0 aliphatic heterocycles. The van der Waals surface area contributed by atoms with Gasteiger partial charge in [-0.25, -0.2) is 4.79 Å². The summed E-state index contributed by atoms with van der Waals surface area (Å²) < 4.78 is 0. The lowest BCUT2D eigenvalue weighted by Gasteiger charge is -2.21. The third-order valence-electron chi connectivity index (χ3n) is 3.48. The van der Waals surface area contributed by atoms with E-state index in [1.807, 2.05) is 38.1 Å². The lowest BCUT2D eigenvalue weighted by Crippen LogP contribution is -2.45. The van der Waals surface area contributed by atoms with Gasteiger partial charge >= 0.3 is 6.03 Å². The minimum Gasteiger partial charge on any atom is -0.336 e. The highest BCUT2D eigenvalue weighted by molar-refractivity contribution is 6.31. The maximum Gasteiger partial charge on any atom is 0.315 e. The first-order valence-electron chi connectivity index (χ1n) is 6.41. The van der Waals surface area contributed by atoms with E-state index in [1.54, 1.807) is 0 Å². The fourth-order valence-corrected chi connectivity index (χ4v) is 2.33. The van der Waals surface area contributed by atoms with Crippen LogP contribution < -0.4 is 10.6 Å². The molecule has 1 aromatic rings. The van der Waals surface area contributed by atoms with E-state index < -0.39 is 0 Å². The lowest BCUT2D eigenvalue weighted by molar-refractivity contribution is 0.232. The monoisotopic (exact) mass is 266 g/mol. The first-order valence-corrected chi connectivity index (χ1v) is 6.79. The van der Waals surface area contributed by atoms with Crippen LogP contribution in [0.5, 0.6) is 0 Å². The second-order valence-corrected chi connectivity index (χ2v) is 5.38. The number of amides is 2. The van der Waals surface area contributed by atoms with Crippen molar-refractivity contribution in [3.8, 4) is 0 Å². The van der Waals surface area contributed by atoms with Crippen molar-refractivity contribution < 1.29 is 4.79 Å². The zero-order valence-corrected chi connectivity index (χ0v) is 11.6. The van der Waals surface area contributed by atoms with E-state index in [0.717, 1.165) is 29.8 Å². The summed E-state index contributed by atoms with van der Waals surface area (Å²) in [6.45, 7) is 4.04. The molecule has 2 rings (SSSR count). The molecule has 1 aromatic carbocycles. The fourth-order valence-electron chi connectivity index (χ4n) is 2.02. The maximum absolute atomic E-state index is 11.9. The van der Waals surface area contributed by atoms with Gasteiger partial charge in [-0.2, -0.15) is 0 Å². The van der Waals surface area contributed by atoms with E-state index in [0.29, 0.717) is 0 Å². The Hall–Kier alpha value is -1.22. The van der Waals surface area contributed by atoms with Gasteiger partial charge in [-0.1, -0.05) is 36.7 Å². The minimum atomic E-state index is -0.254. The largest absolute Gasteiger partial charge is 0.336 e. The van der Waals surface area contributed by atoms with Gasteiger partial charge in [-0.15, -0.1) is 0 Å². The van der Waals surface area contributed by atoms with E-state index in [4.69, 9.17) is 11.6 Å². The Morgan fingerprint density at radius 3 is 2.67 bits per heavy atom. The SMILES string of the molecule is CCC(C)NC(=O)NC1(c2ccccc2Cl)CC1. The molecule has 0 spiro atoms. The zero-order chi connectivity index (χ0) is 13.2. The van der Waals surface area contributed by atoms with Crippen molar-refractivity contribution in [1.29, 1.82) is 0 Å². The van der Waals surface area contributed by atoms with Crippen LogP contribution in [0.25, 0.3) is 0 Å². The molecule has 0 bridgehead atoms. The Labute approximate surface area is 113 Å². The predicted molar refractivity (Wildman–Crippen MR) is 73.8 cm³/mol. The standard InChI is InChI=1S/C14H19ClN2O/c1-3-10(2)16-13(18)17-14(8-9-14)11-6-4-5-7-12(11)15/h4-7,10H,3,8-9H2,1-2H3,(H2,16,17,18). The Bertz CT molecular complexity index is 443. The molecule has 4 heteroatoms. The van der Waals surface area contributed by atoms with Gasteiger partial charge in [-0.3, -0.25) is 0 Å². The normalized spacial score (nSPS) is 17.9. The Balaban J connectivity index is 2.05. The number of benzene rings is 1. The summed E-state index contributed by atoms with van der Waals surface area (Å²) in [5, 5.41) is 6.70. The molecule has 1 aliphatic rings. The molecule has 1 fully saturated rings. The number of hydrogen-bond donors (Lipinski definition) is 2. The second kappa shape index (κ2) is 5.19. The molecule has 0 aromatic heterocycles. The number of hydrogen-bond acceptors (Lipinski definition) is 1. The molecule has 18 heavy (non-hydrogen) atoms. The number of rotatable bonds is 4. The van der Waals surface area contributed by atoms with E-state index in [2.05, 4.69) is 10.6 Å². The summed E-state index contributed by atoms with van der Waals surface area (Å²) >= 11 is 6.19. The van der Waals surface area contributed by atoms with Crippen molar-refractivity contribution in [2.24, 2.45) is 0 Å². The molecule has 2 amide bonds. The number of urea groups is 1. The topological polar surface area (TPSA) is 41.1 Å². The molecule has 0 saturated heterocycles. The molecule has 1 atom stereocenters. The van der Waals surface area contributed by atoms with Gasteiger partial charge < -0.3 is 10.6 Å². The van der Waals surface area contributed by atoms with E-state index in [1.165, 1.54) is 0 Å². The van der Waals surface area contributed by atoms with Crippen LogP contribution in [-0.4, -0.2) is 12.1 Å². The van der Waals surface area contributed by atoms with Crippen molar-refractivity contribution in [3.05, 3.63) is 34.9 Å². The van der Waals surface area contributed by atoms with Gasteiger partial charge in [0.15, 0.2) is 0 Å². The van der Waals surface area contributed by atoms with Gasteiger partial charge in [-0.05, 0) is 37.8 Å². The van der Waals surface area contributed by atoms with Crippen LogP contribution in [-0.2, 0) is 5.54 Å². The van der Waals surface area contributed by atoms with Crippen LogP contribution >= 0.6 is 11.6 Å². The highest BCUT2D eigenvalue weighted by Crippen LogP contribution is 2.47. The van der Waals surface area contributed by atoms with Crippen LogP contribution in [0, 0.1) is 0 Å². The first-order chi connectivity index (χ1) is 8.57. The van der Waals surface area contributed by atoms with Crippen molar-refractivity contribution in [2.45, 2.75) is 44.7 Å². The predicted octanol–water partition coefficient (Wildman–Crippen LogP) is 3.43. The van der Waals surface area contributed by atoms with Gasteiger partial charge in [0.1, 0.15) is 0 Å². The summed E-state index contributed by atoms with van der Waals surface area (Å²) in [6, 6.07) is 7.79. The molecule has 1 saturated carbocycles. The third-order valence-corrected chi connectivity index (χ3v) is 3.81. The van der Waals surface area contributed by atoms with Crippen LogP contribution in [0.2, 0.25) is 5.02 Å². The van der Waals surface area contributed by atoms with Crippen LogP contribution in [0.1, 0.15) is 38.7 Å². The molecule has 1 aliphatic carbocycles. The highest BCUT2D eigenvalue weighted by Gasteiger charge is 2.46. The first kappa shape index (κ1) is 13.2. The van der Waals surface area contributed by atoms with Crippen molar-refractivity contribution >= 4 is 17.6 Å². The molecule has 1 unspecified atom stereocenters. The van der Waals surface area contributed by atoms with Gasteiger partial charge in [0.25, 0.3) is 0 Å². The molecular formula is C14H19ClN2O. The average Bonchev–Trinajstić information content (AvgIpc) is 3.09. The molecular weight excluding hydrogens is 248 g/mol. The zero-order valence-electron chi connectivity index (χ0n) is 10.8. The number of carbonyl (C=O) groups excluding carboxylic acids is 1. The third kappa shape index (κ3) is 2.78. The van der Waals surface area contributed by atoms with Gasteiger partial charge in [0.2, 0.25) is 0 Å². The van der Waals surface area contributed by atoms with E-state index in [-0.39, 0.29) is 17.6 Å². The quantitative estimate of drug-likeness (QED) is 0.861. The average molecular weight is 267 g/mol. The van der Waals surface area contributed by atoms with Crippen LogP contribution in [0.3, 0.4) is 0 Å². The smallest absolute Gasteiger partial charge is 0.315 e. The summed E-state index contributed by atoms with van der Waals surface area (Å²) in [5.74, 6) is 0. The Kier molecular flexibility index (Phi) is 3.81. The van der Waals surface area contributed by atoms with Crippen molar-refractivity contribution in [3.63, 3.8) is 0 Å². The molecule has 98 valence electrons. The van der Waals surface area contributed by atoms with Gasteiger partial charge in [0, 0.05) is 11.1 Å². The summed E-state index contributed by atoms with van der Waals surface area (Å²) in [7, 11) is 0.